The van der Waals surface area contributed by atoms with E-state index in [1.165, 1.54) is 18.2 Å². The Bertz CT molecular complexity index is 398. The maximum Gasteiger partial charge on any atom is 0.461 e. The molecule has 0 saturated carbocycles. The summed E-state index contributed by atoms with van der Waals surface area (Å²) in [6.07, 6.45) is -5.80. The van der Waals surface area contributed by atoms with E-state index in [0.29, 0.717) is 12.0 Å². The van der Waals surface area contributed by atoms with Crippen molar-refractivity contribution < 1.29 is 22.3 Å². The van der Waals surface area contributed by atoms with Gasteiger partial charge in [-0.25, -0.2) is 0 Å². The molecule has 1 aromatic carbocycles. The lowest BCUT2D eigenvalue weighted by Gasteiger charge is -2.18. The highest BCUT2D eigenvalue weighted by atomic mass is 19.3. The van der Waals surface area contributed by atoms with Gasteiger partial charge in [0, 0.05) is 6.04 Å². The monoisotopic (exact) mass is 279 g/mol. The Hall–Kier alpha value is -1.30. The number of benzene rings is 1. The minimum absolute atomic E-state index is 0.310. The van der Waals surface area contributed by atoms with Crippen LogP contribution in [-0.4, -0.2) is 12.5 Å². The average Bonchev–Trinajstić information content (AvgIpc) is 2.35. The Kier molecular flexibility index (Phi) is 5.60. The van der Waals surface area contributed by atoms with Gasteiger partial charge >= 0.3 is 12.5 Å². The van der Waals surface area contributed by atoms with E-state index in [-0.39, 0.29) is 11.8 Å². The summed E-state index contributed by atoms with van der Waals surface area (Å²) in [6.45, 7) is 2.01. The van der Waals surface area contributed by atoms with Crippen molar-refractivity contribution >= 4 is 0 Å². The Labute approximate surface area is 109 Å². The molecule has 0 amide bonds. The number of ether oxygens (including phenoxy) is 1. The van der Waals surface area contributed by atoms with Crippen molar-refractivity contribution in [3.8, 4) is 5.75 Å². The first-order chi connectivity index (χ1) is 8.86. The highest BCUT2D eigenvalue weighted by molar-refractivity contribution is 5.30. The zero-order valence-corrected chi connectivity index (χ0v) is 10.6. The van der Waals surface area contributed by atoms with Crippen LogP contribution in [0.4, 0.5) is 17.6 Å². The van der Waals surface area contributed by atoms with Gasteiger partial charge in [0.05, 0.1) is 0 Å². The van der Waals surface area contributed by atoms with E-state index in [0.717, 1.165) is 12.8 Å². The van der Waals surface area contributed by atoms with Gasteiger partial charge in [0.25, 0.3) is 0 Å². The third-order valence-electron chi connectivity index (χ3n) is 2.66. The Morgan fingerprint density at radius 3 is 2.58 bits per heavy atom. The predicted molar refractivity (Wildman–Crippen MR) is 64.5 cm³/mol. The molecule has 0 unspecified atom stereocenters. The fourth-order valence-corrected chi connectivity index (χ4v) is 1.60. The summed E-state index contributed by atoms with van der Waals surface area (Å²) in [7, 11) is 0. The first-order valence-corrected chi connectivity index (χ1v) is 6.07. The topological polar surface area (TPSA) is 35.2 Å². The third-order valence-corrected chi connectivity index (χ3v) is 2.66. The van der Waals surface area contributed by atoms with Gasteiger partial charge in [-0.1, -0.05) is 31.9 Å². The number of hydrogen-bond donors (Lipinski definition) is 1. The van der Waals surface area contributed by atoms with Crippen molar-refractivity contribution in [2.24, 2.45) is 5.73 Å². The lowest BCUT2D eigenvalue weighted by atomic mass is 10.0. The average molecular weight is 279 g/mol. The number of rotatable bonds is 7. The van der Waals surface area contributed by atoms with Crippen LogP contribution in [0.25, 0.3) is 0 Å². The van der Waals surface area contributed by atoms with Gasteiger partial charge in [-0.05, 0) is 24.1 Å². The summed E-state index contributed by atoms with van der Waals surface area (Å²) >= 11 is 0. The van der Waals surface area contributed by atoms with Gasteiger partial charge in [-0.15, -0.1) is 0 Å². The summed E-state index contributed by atoms with van der Waals surface area (Å²) in [4.78, 5) is 0. The molecule has 2 nitrogen and oxygen atoms in total. The molecule has 0 aromatic heterocycles. The van der Waals surface area contributed by atoms with Gasteiger partial charge < -0.3 is 10.5 Å². The first kappa shape index (κ1) is 15.8. The second-order valence-corrected chi connectivity index (χ2v) is 4.29. The second-order valence-electron chi connectivity index (χ2n) is 4.29. The predicted octanol–water partition coefficient (Wildman–Crippen LogP) is 4.11. The maximum atomic E-state index is 12.8. The van der Waals surface area contributed by atoms with Crippen LogP contribution in [0, 0.1) is 0 Å². The lowest BCUT2D eigenvalue weighted by molar-refractivity contribution is -0.253. The molecule has 6 heteroatoms. The van der Waals surface area contributed by atoms with Crippen LogP contribution in [0.1, 0.15) is 37.8 Å². The number of nitrogens with two attached hydrogens (primary N) is 1. The highest BCUT2D eigenvalue weighted by Gasteiger charge is 2.43. The Morgan fingerprint density at radius 2 is 2.00 bits per heavy atom. The summed E-state index contributed by atoms with van der Waals surface area (Å²) in [5.74, 6) is -0.310. The molecular formula is C13H17F4NO. The van der Waals surface area contributed by atoms with Crippen molar-refractivity contribution in [1.29, 1.82) is 0 Å². The molecule has 2 N–H and O–H groups in total. The van der Waals surface area contributed by atoms with Crippen molar-refractivity contribution in [2.75, 3.05) is 0 Å². The number of hydrogen-bond acceptors (Lipinski definition) is 2. The molecule has 0 aliphatic carbocycles. The molecule has 0 bridgehead atoms. The first-order valence-electron chi connectivity index (χ1n) is 6.07. The normalized spacial score (nSPS) is 13.6. The van der Waals surface area contributed by atoms with E-state index in [1.807, 2.05) is 6.92 Å². The van der Waals surface area contributed by atoms with Gasteiger partial charge in [-0.2, -0.15) is 17.6 Å². The summed E-state index contributed by atoms with van der Waals surface area (Å²) in [5, 5.41) is 0. The maximum absolute atomic E-state index is 12.8. The lowest BCUT2D eigenvalue weighted by Crippen LogP contribution is -2.33. The van der Waals surface area contributed by atoms with Gasteiger partial charge in [0.15, 0.2) is 0 Å². The van der Waals surface area contributed by atoms with Crippen LogP contribution in [0.2, 0.25) is 0 Å². The van der Waals surface area contributed by atoms with Crippen LogP contribution in [0.15, 0.2) is 24.3 Å². The number of alkyl halides is 4. The van der Waals surface area contributed by atoms with E-state index in [9.17, 15) is 17.6 Å². The number of unbranched alkanes of at least 4 members (excludes halogenated alkanes) is 1. The smallest absolute Gasteiger partial charge is 0.428 e. The Balaban J connectivity index is 2.77. The van der Waals surface area contributed by atoms with Gasteiger partial charge in [0.2, 0.25) is 0 Å². The van der Waals surface area contributed by atoms with E-state index < -0.39 is 12.5 Å². The molecule has 0 saturated heterocycles. The minimum Gasteiger partial charge on any atom is -0.428 e. The zero-order chi connectivity index (χ0) is 14.5. The summed E-state index contributed by atoms with van der Waals surface area (Å²) in [5.41, 5.74) is 6.48. The van der Waals surface area contributed by atoms with E-state index >= 15 is 0 Å². The molecule has 0 spiro atoms. The van der Waals surface area contributed by atoms with Crippen LogP contribution < -0.4 is 10.5 Å². The largest absolute Gasteiger partial charge is 0.461 e. The van der Waals surface area contributed by atoms with Crippen molar-refractivity contribution in [1.82, 2.24) is 0 Å². The quantitative estimate of drug-likeness (QED) is 0.762. The van der Waals surface area contributed by atoms with Crippen molar-refractivity contribution in [3.05, 3.63) is 29.8 Å². The summed E-state index contributed by atoms with van der Waals surface area (Å²) in [6, 6.07) is 5.28. The highest BCUT2D eigenvalue weighted by Crippen LogP contribution is 2.29. The van der Waals surface area contributed by atoms with E-state index in [1.54, 1.807) is 6.07 Å². The van der Waals surface area contributed by atoms with Crippen molar-refractivity contribution in [2.45, 2.75) is 44.8 Å². The van der Waals surface area contributed by atoms with E-state index in [2.05, 4.69) is 4.74 Å². The standard InChI is InChI=1S/C13H17F4NO/c1-2-3-7-11(18)9-5-4-6-10(8-9)19-13(16,17)12(14)15/h4-6,8,11-12H,2-3,7,18H2,1H3/t11-/m1/s1. The zero-order valence-electron chi connectivity index (χ0n) is 10.6. The molecule has 0 fully saturated rings. The fraction of sp³-hybridized carbons (Fsp3) is 0.538. The van der Waals surface area contributed by atoms with E-state index in [4.69, 9.17) is 5.73 Å². The minimum atomic E-state index is -4.49. The van der Waals surface area contributed by atoms with Crippen molar-refractivity contribution in [3.63, 3.8) is 0 Å². The molecule has 1 aromatic rings. The summed E-state index contributed by atoms with van der Waals surface area (Å²) < 4.78 is 53.6. The fourth-order valence-electron chi connectivity index (χ4n) is 1.60. The van der Waals surface area contributed by atoms with Crippen LogP contribution in [-0.2, 0) is 0 Å². The number of halogens is 4. The SMILES string of the molecule is CCCC[C@@H](N)c1cccc(OC(F)(F)C(F)F)c1. The Morgan fingerprint density at radius 1 is 1.32 bits per heavy atom. The third kappa shape index (κ3) is 4.70. The van der Waals surface area contributed by atoms with Crippen LogP contribution in [0.5, 0.6) is 5.75 Å². The van der Waals surface area contributed by atoms with Crippen LogP contribution in [0.3, 0.4) is 0 Å². The second kappa shape index (κ2) is 6.75. The molecule has 0 aliphatic rings. The molecule has 1 rings (SSSR count). The molecule has 0 aliphatic heterocycles. The molecule has 108 valence electrons. The molecule has 19 heavy (non-hydrogen) atoms. The molecular weight excluding hydrogens is 262 g/mol. The molecule has 0 radical (unpaired) electrons. The molecule has 0 heterocycles. The van der Waals surface area contributed by atoms with Gasteiger partial charge in [-0.3, -0.25) is 0 Å². The van der Waals surface area contributed by atoms with Crippen LogP contribution >= 0.6 is 0 Å². The van der Waals surface area contributed by atoms with Gasteiger partial charge in [0.1, 0.15) is 5.75 Å². The molecule has 1 atom stereocenters.